The van der Waals surface area contributed by atoms with Crippen LogP contribution in [-0.4, -0.2) is 29.7 Å². The third-order valence-electron chi connectivity index (χ3n) is 5.39. The molecule has 1 heterocycles. The summed E-state index contributed by atoms with van der Waals surface area (Å²) >= 11 is 7.65. The number of hydrogen-bond acceptors (Lipinski definition) is 4. The molecule has 0 aliphatic carbocycles. The van der Waals surface area contributed by atoms with Gasteiger partial charge in [-0.1, -0.05) is 72.2 Å². The summed E-state index contributed by atoms with van der Waals surface area (Å²) in [5.74, 6) is 2.07. The first-order valence-corrected chi connectivity index (χ1v) is 13.4. The van der Waals surface area contributed by atoms with E-state index in [1.54, 1.807) is 17.6 Å². The van der Waals surface area contributed by atoms with E-state index in [0.717, 1.165) is 15.8 Å². The number of carbonyl (C=O) groups is 1. The number of halogens is 1. The first kappa shape index (κ1) is 24.9. The molecule has 0 N–H and O–H groups in total. The lowest BCUT2D eigenvalue weighted by Crippen LogP contribution is -2.30. The second kappa shape index (κ2) is 10.6. The van der Waals surface area contributed by atoms with E-state index < -0.39 is 15.9 Å². The van der Waals surface area contributed by atoms with Crippen molar-refractivity contribution in [2.45, 2.75) is 24.9 Å². The smallest absolute Gasteiger partial charge is 0.279 e. The van der Waals surface area contributed by atoms with Gasteiger partial charge in [0.05, 0.1) is 26.7 Å². The zero-order valence-corrected chi connectivity index (χ0v) is 21.3. The Morgan fingerprint density at radius 1 is 1.09 bits per heavy atom. The topological polar surface area (TPSA) is 71.7 Å². The van der Waals surface area contributed by atoms with Crippen molar-refractivity contribution < 1.29 is 13.2 Å². The summed E-state index contributed by atoms with van der Waals surface area (Å²) in [6, 6.07) is 20.7. The number of nitrogens with zero attached hydrogens (tertiary/aromatic N) is 3. The van der Waals surface area contributed by atoms with Crippen LogP contribution in [0.2, 0.25) is 5.02 Å². The van der Waals surface area contributed by atoms with Crippen molar-refractivity contribution in [3.05, 3.63) is 93.7 Å². The van der Waals surface area contributed by atoms with Gasteiger partial charge in [0, 0.05) is 18.7 Å². The summed E-state index contributed by atoms with van der Waals surface area (Å²) in [6.45, 7) is 2.58. The van der Waals surface area contributed by atoms with Gasteiger partial charge in [-0.05, 0) is 42.0 Å². The fourth-order valence-electron chi connectivity index (χ4n) is 3.63. The summed E-state index contributed by atoms with van der Waals surface area (Å²) in [5.41, 5.74) is 1.89. The molecule has 35 heavy (non-hydrogen) atoms. The Kier molecular flexibility index (Phi) is 7.53. The third kappa shape index (κ3) is 5.24. The lowest BCUT2D eigenvalue weighted by Gasteiger charge is -2.20. The molecule has 0 atom stereocenters. The Hall–Kier alpha value is -3.22. The largest absolute Gasteiger partial charge is 0.303 e. The molecule has 6 nitrogen and oxygen atoms in total. The zero-order valence-electron chi connectivity index (χ0n) is 18.9. The van der Waals surface area contributed by atoms with Gasteiger partial charge in [0.1, 0.15) is 0 Å². The molecule has 4 rings (SSSR count). The summed E-state index contributed by atoms with van der Waals surface area (Å²) in [6.07, 6.45) is 5.52. The Balaban J connectivity index is 1.63. The molecule has 1 aromatic heterocycles. The third-order valence-corrected chi connectivity index (χ3v) is 8.68. The van der Waals surface area contributed by atoms with Crippen LogP contribution in [0.25, 0.3) is 10.2 Å². The molecule has 0 aliphatic heterocycles. The van der Waals surface area contributed by atoms with E-state index in [-0.39, 0.29) is 23.5 Å². The number of terminal acetylenes is 1. The summed E-state index contributed by atoms with van der Waals surface area (Å²) < 4.78 is 30.3. The van der Waals surface area contributed by atoms with E-state index in [0.29, 0.717) is 16.4 Å². The van der Waals surface area contributed by atoms with Gasteiger partial charge >= 0.3 is 0 Å². The first-order valence-electron chi connectivity index (χ1n) is 10.8. The standard InChI is InChI=1S/C26H22ClN3O3S2/c1-3-17-30-24-22(27)11-8-12-23(24)34-26(30)28-25(31)20-13-15-21(16-14-20)35(32,33)29(4-2)18-19-9-6-5-7-10-19/h1,5-16H,4,17-18H2,2H3. The highest BCUT2D eigenvalue weighted by atomic mass is 35.5. The maximum atomic E-state index is 13.2. The van der Waals surface area contributed by atoms with E-state index in [1.807, 2.05) is 42.5 Å². The highest BCUT2D eigenvalue weighted by Gasteiger charge is 2.23. The minimum atomic E-state index is -3.73. The van der Waals surface area contributed by atoms with Crippen LogP contribution in [0.3, 0.4) is 0 Å². The minimum absolute atomic E-state index is 0.114. The van der Waals surface area contributed by atoms with Gasteiger partial charge in [-0.3, -0.25) is 4.79 Å². The number of rotatable bonds is 7. The minimum Gasteiger partial charge on any atom is -0.303 e. The normalized spacial score (nSPS) is 12.2. The van der Waals surface area contributed by atoms with E-state index in [4.69, 9.17) is 18.0 Å². The number of aromatic nitrogens is 1. The van der Waals surface area contributed by atoms with Crippen molar-refractivity contribution >= 4 is 49.1 Å². The number of carbonyl (C=O) groups excluding carboxylic acids is 1. The number of benzene rings is 3. The second-order valence-corrected chi connectivity index (χ2v) is 11.0. The highest BCUT2D eigenvalue weighted by molar-refractivity contribution is 7.89. The first-order chi connectivity index (χ1) is 16.8. The van der Waals surface area contributed by atoms with Gasteiger partial charge in [0.2, 0.25) is 10.0 Å². The number of para-hydroxylation sites is 1. The molecule has 4 aromatic rings. The fraction of sp³-hybridized carbons (Fsp3) is 0.154. The molecule has 1 amide bonds. The van der Waals surface area contributed by atoms with E-state index >= 15 is 0 Å². The SMILES string of the molecule is C#CCn1c(=NC(=O)c2ccc(S(=O)(=O)N(CC)Cc3ccccc3)cc2)sc2cccc(Cl)c21. The van der Waals surface area contributed by atoms with Crippen LogP contribution in [0, 0.1) is 12.3 Å². The Labute approximate surface area is 213 Å². The molecule has 0 aliphatic rings. The molecular weight excluding hydrogens is 502 g/mol. The summed E-state index contributed by atoms with van der Waals surface area (Å²) in [5, 5.41) is 0.522. The summed E-state index contributed by atoms with van der Waals surface area (Å²) in [7, 11) is -3.73. The van der Waals surface area contributed by atoms with Gasteiger partial charge < -0.3 is 4.57 Å². The van der Waals surface area contributed by atoms with Crippen LogP contribution >= 0.6 is 22.9 Å². The molecule has 0 saturated carbocycles. The number of amides is 1. The Bertz CT molecular complexity index is 1580. The highest BCUT2D eigenvalue weighted by Crippen LogP contribution is 2.25. The van der Waals surface area contributed by atoms with Crippen molar-refractivity contribution in [2.24, 2.45) is 4.99 Å². The molecule has 0 spiro atoms. The average molecular weight is 524 g/mol. The molecule has 0 saturated heterocycles. The molecule has 9 heteroatoms. The zero-order chi connectivity index (χ0) is 25.0. The fourth-order valence-corrected chi connectivity index (χ4v) is 6.46. The molecule has 0 bridgehead atoms. The van der Waals surface area contributed by atoms with Crippen molar-refractivity contribution in [3.8, 4) is 12.3 Å². The number of thiazole rings is 1. The van der Waals surface area contributed by atoms with E-state index in [2.05, 4.69) is 10.9 Å². The van der Waals surface area contributed by atoms with Gasteiger partial charge in [0.25, 0.3) is 5.91 Å². The van der Waals surface area contributed by atoms with Gasteiger partial charge in [-0.15, -0.1) is 6.42 Å². The predicted octanol–water partition coefficient (Wildman–Crippen LogP) is 4.94. The molecular formula is C26H22ClN3O3S2. The average Bonchev–Trinajstić information content (AvgIpc) is 3.21. The van der Waals surface area contributed by atoms with Crippen molar-refractivity contribution in [1.82, 2.24) is 8.87 Å². The molecule has 0 unspecified atom stereocenters. The van der Waals surface area contributed by atoms with Gasteiger partial charge in [0.15, 0.2) is 4.80 Å². The second-order valence-electron chi connectivity index (χ2n) is 7.62. The summed E-state index contributed by atoms with van der Waals surface area (Å²) in [4.78, 5) is 17.7. The molecule has 178 valence electrons. The van der Waals surface area contributed by atoms with E-state index in [1.165, 1.54) is 39.9 Å². The number of fused-ring (bicyclic) bond motifs is 1. The van der Waals surface area contributed by atoms with Crippen LogP contribution in [0.15, 0.2) is 82.7 Å². The molecule has 0 radical (unpaired) electrons. The van der Waals surface area contributed by atoms with Gasteiger partial charge in [-0.25, -0.2) is 8.42 Å². The van der Waals surface area contributed by atoms with Crippen LogP contribution in [0.1, 0.15) is 22.8 Å². The Morgan fingerprint density at radius 3 is 2.46 bits per heavy atom. The maximum absolute atomic E-state index is 13.2. The monoisotopic (exact) mass is 523 g/mol. The van der Waals surface area contributed by atoms with Gasteiger partial charge in [-0.2, -0.15) is 9.30 Å². The van der Waals surface area contributed by atoms with Crippen molar-refractivity contribution in [1.29, 1.82) is 0 Å². The number of sulfonamides is 1. The maximum Gasteiger partial charge on any atom is 0.279 e. The number of hydrogen-bond donors (Lipinski definition) is 0. The lowest BCUT2D eigenvalue weighted by molar-refractivity contribution is 0.0998. The van der Waals surface area contributed by atoms with Crippen molar-refractivity contribution in [2.75, 3.05) is 6.54 Å². The molecule has 0 fully saturated rings. The Morgan fingerprint density at radius 2 is 1.80 bits per heavy atom. The van der Waals surface area contributed by atoms with Crippen LogP contribution in [0.5, 0.6) is 0 Å². The van der Waals surface area contributed by atoms with Crippen LogP contribution in [-0.2, 0) is 23.1 Å². The molecule has 3 aromatic carbocycles. The van der Waals surface area contributed by atoms with Crippen LogP contribution < -0.4 is 4.80 Å². The van der Waals surface area contributed by atoms with Crippen molar-refractivity contribution in [3.63, 3.8) is 0 Å². The predicted molar refractivity (Wildman–Crippen MR) is 140 cm³/mol. The lowest BCUT2D eigenvalue weighted by atomic mass is 10.2. The van der Waals surface area contributed by atoms with Crippen LogP contribution in [0.4, 0.5) is 0 Å². The quantitative estimate of drug-likeness (QED) is 0.322. The van der Waals surface area contributed by atoms with E-state index in [9.17, 15) is 13.2 Å².